The molecule has 0 bridgehead atoms. The van der Waals surface area contributed by atoms with Crippen molar-refractivity contribution in [2.24, 2.45) is 0 Å². The highest BCUT2D eigenvalue weighted by Crippen LogP contribution is 2.22. The van der Waals surface area contributed by atoms with Gasteiger partial charge in [-0.1, -0.05) is 12.8 Å². The average Bonchev–Trinajstić information content (AvgIpc) is 2.80. The standard InChI is InChI=1S/C14H21NO5S/c1-15(2)21(17,18)13-10-9-12(20-13)14(16)19-11-7-5-3-4-6-8-11/h9-11H,3-8H2,1-2H3. The lowest BCUT2D eigenvalue weighted by Gasteiger charge is -2.14. The molecule has 0 amide bonds. The zero-order chi connectivity index (χ0) is 15.5. The third-order valence-corrected chi connectivity index (χ3v) is 5.28. The van der Waals surface area contributed by atoms with E-state index in [9.17, 15) is 13.2 Å². The second kappa shape index (κ2) is 6.62. The van der Waals surface area contributed by atoms with Crippen molar-refractivity contribution >= 4 is 16.0 Å². The average molecular weight is 315 g/mol. The van der Waals surface area contributed by atoms with E-state index in [0.717, 1.165) is 30.0 Å². The lowest BCUT2D eigenvalue weighted by atomic mass is 10.1. The first-order valence-electron chi connectivity index (χ1n) is 7.14. The maximum atomic E-state index is 12.0. The molecule has 1 aliphatic carbocycles. The summed E-state index contributed by atoms with van der Waals surface area (Å²) in [6.45, 7) is 0. The summed E-state index contributed by atoms with van der Waals surface area (Å²) in [5.74, 6) is -0.665. The van der Waals surface area contributed by atoms with Gasteiger partial charge in [0.2, 0.25) is 10.9 Å². The van der Waals surface area contributed by atoms with Gasteiger partial charge in [-0.2, -0.15) is 0 Å². The third kappa shape index (κ3) is 3.85. The normalized spacial score (nSPS) is 17.7. The summed E-state index contributed by atoms with van der Waals surface area (Å²) in [6, 6.07) is 2.62. The zero-order valence-corrected chi connectivity index (χ0v) is 13.2. The Kier molecular flexibility index (Phi) is 5.05. The summed E-state index contributed by atoms with van der Waals surface area (Å²) in [4.78, 5) is 12.0. The number of esters is 1. The Morgan fingerprint density at radius 3 is 2.38 bits per heavy atom. The summed E-state index contributed by atoms with van der Waals surface area (Å²) in [7, 11) is -0.861. The molecule has 0 unspecified atom stereocenters. The minimum absolute atomic E-state index is 0.0697. The Balaban J connectivity index is 2.05. The van der Waals surface area contributed by atoms with Crippen LogP contribution in [0.1, 0.15) is 49.1 Å². The summed E-state index contributed by atoms with van der Waals surface area (Å²) >= 11 is 0. The molecule has 0 aliphatic heterocycles. The predicted octanol–water partition coefficient (Wildman–Crippen LogP) is 2.41. The Bertz CT molecular complexity index is 582. The van der Waals surface area contributed by atoms with Gasteiger partial charge in [-0.3, -0.25) is 0 Å². The molecule has 0 N–H and O–H groups in total. The smallest absolute Gasteiger partial charge is 0.374 e. The maximum absolute atomic E-state index is 12.0. The molecule has 1 fully saturated rings. The summed E-state index contributed by atoms with van der Waals surface area (Å²) < 4.78 is 35.3. The van der Waals surface area contributed by atoms with Crippen LogP contribution < -0.4 is 0 Å². The highest BCUT2D eigenvalue weighted by atomic mass is 32.2. The predicted molar refractivity (Wildman–Crippen MR) is 76.5 cm³/mol. The first-order chi connectivity index (χ1) is 9.91. The fourth-order valence-corrected chi connectivity index (χ4v) is 3.11. The quantitative estimate of drug-likeness (QED) is 0.630. The number of nitrogens with zero attached hydrogens (tertiary/aromatic N) is 1. The van der Waals surface area contributed by atoms with E-state index in [4.69, 9.17) is 9.15 Å². The minimum Gasteiger partial charge on any atom is -0.457 e. The van der Waals surface area contributed by atoms with Crippen LogP contribution in [0.5, 0.6) is 0 Å². The van der Waals surface area contributed by atoms with E-state index in [0.29, 0.717) is 0 Å². The topological polar surface area (TPSA) is 76.8 Å². The fourth-order valence-electron chi connectivity index (χ4n) is 2.32. The Morgan fingerprint density at radius 2 is 1.81 bits per heavy atom. The van der Waals surface area contributed by atoms with Gasteiger partial charge < -0.3 is 9.15 Å². The molecule has 0 aromatic carbocycles. The molecule has 1 aromatic rings. The van der Waals surface area contributed by atoms with Crippen molar-refractivity contribution in [1.82, 2.24) is 4.31 Å². The van der Waals surface area contributed by atoms with Gasteiger partial charge in [0.1, 0.15) is 6.10 Å². The molecule has 1 aliphatic rings. The summed E-state index contributed by atoms with van der Waals surface area (Å²) in [6.07, 6.45) is 6.05. The zero-order valence-electron chi connectivity index (χ0n) is 12.4. The maximum Gasteiger partial charge on any atom is 0.374 e. The SMILES string of the molecule is CN(C)S(=O)(=O)c1ccc(C(=O)OC2CCCCCC2)o1. The van der Waals surface area contributed by atoms with Crippen LogP contribution >= 0.6 is 0 Å². The second-order valence-electron chi connectivity index (χ2n) is 5.42. The fraction of sp³-hybridized carbons (Fsp3) is 0.643. The number of hydrogen-bond donors (Lipinski definition) is 0. The van der Waals surface area contributed by atoms with Crippen molar-refractivity contribution in [1.29, 1.82) is 0 Å². The van der Waals surface area contributed by atoms with E-state index in [1.54, 1.807) is 0 Å². The number of carbonyl (C=O) groups excluding carboxylic acids is 1. The largest absolute Gasteiger partial charge is 0.457 e. The van der Waals surface area contributed by atoms with Crippen molar-refractivity contribution in [3.8, 4) is 0 Å². The van der Waals surface area contributed by atoms with E-state index in [-0.39, 0.29) is 17.0 Å². The Hall–Kier alpha value is -1.34. The molecule has 7 heteroatoms. The van der Waals surface area contributed by atoms with E-state index in [1.807, 2.05) is 0 Å². The lowest BCUT2D eigenvalue weighted by Crippen LogP contribution is -2.21. The molecular weight excluding hydrogens is 294 g/mol. The van der Waals surface area contributed by atoms with Crippen molar-refractivity contribution < 1.29 is 22.4 Å². The van der Waals surface area contributed by atoms with Gasteiger partial charge >= 0.3 is 5.97 Å². The van der Waals surface area contributed by atoms with Crippen molar-refractivity contribution in [3.05, 3.63) is 17.9 Å². The number of hydrogen-bond acceptors (Lipinski definition) is 5. The second-order valence-corrected chi connectivity index (χ2v) is 7.51. The lowest BCUT2D eigenvalue weighted by molar-refractivity contribution is 0.0226. The van der Waals surface area contributed by atoms with Gasteiger partial charge in [0.15, 0.2) is 0 Å². The molecule has 21 heavy (non-hydrogen) atoms. The number of rotatable bonds is 4. The first kappa shape index (κ1) is 16.0. The molecule has 6 nitrogen and oxygen atoms in total. The van der Waals surface area contributed by atoms with Crippen molar-refractivity contribution in [2.45, 2.75) is 49.7 Å². The molecule has 0 saturated heterocycles. The van der Waals surface area contributed by atoms with Gasteiger partial charge in [-0.15, -0.1) is 0 Å². The Labute approximate surface area is 125 Å². The molecular formula is C14H21NO5S. The van der Waals surface area contributed by atoms with Crippen LogP contribution in [0.15, 0.2) is 21.6 Å². The molecule has 2 rings (SSSR count). The van der Waals surface area contributed by atoms with Crippen molar-refractivity contribution in [2.75, 3.05) is 14.1 Å². The van der Waals surface area contributed by atoms with Crippen LogP contribution in [0.3, 0.4) is 0 Å². The molecule has 0 spiro atoms. The number of ether oxygens (including phenoxy) is 1. The van der Waals surface area contributed by atoms with Crippen LogP contribution in [0.2, 0.25) is 0 Å². The number of carbonyl (C=O) groups is 1. The van der Waals surface area contributed by atoms with Crippen LogP contribution in [-0.2, 0) is 14.8 Å². The number of sulfonamides is 1. The van der Waals surface area contributed by atoms with Gasteiger partial charge in [-0.05, 0) is 37.8 Å². The number of furan rings is 1. The Morgan fingerprint density at radius 1 is 1.19 bits per heavy atom. The third-order valence-electron chi connectivity index (χ3n) is 3.59. The molecule has 0 atom stereocenters. The van der Waals surface area contributed by atoms with Crippen LogP contribution in [0, 0.1) is 0 Å². The molecule has 1 saturated carbocycles. The van der Waals surface area contributed by atoms with Gasteiger partial charge in [-0.25, -0.2) is 17.5 Å². The molecule has 1 heterocycles. The monoisotopic (exact) mass is 315 g/mol. The van der Waals surface area contributed by atoms with Crippen LogP contribution in [0.4, 0.5) is 0 Å². The van der Waals surface area contributed by atoms with Gasteiger partial charge in [0, 0.05) is 14.1 Å². The van der Waals surface area contributed by atoms with Gasteiger partial charge in [0.25, 0.3) is 10.0 Å². The summed E-state index contributed by atoms with van der Waals surface area (Å²) in [5, 5.41) is -0.250. The van der Waals surface area contributed by atoms with Gasteiger partial charge in [0.05, 0.1) is 0 Å². The van der Waals surface area contributed by atoms with Crippen molar-refractivity contribution in [3.63, 3.8) is 0 Å². The van der Waals surface area contributed by atoms with Crippen LogP contribution in [-0.4, -0.2) is 38.9 Å². The molecule has 0 radical (unpaired) electrons. The molecule has 118 valence electrons. The summed E-state index contributed by atoms with van der Waals surface area (Å²) in [5.41, 5.74) is 0. The van der Waals surface area contributed by atoms with Crippen LogP contribution in [0.25, 0.3) is 0 Å². The van der Waals surface area contributed by atoms with E-state index in [1.165, 1.54) is 39.1 Å². The molecule has 1 aromatic heterocycles. The minimum atomic E-state index is -3.67. The van der Waals surface area contributed by atoms with E-state index >= 15 is 0 Å². The highest BCUT2D eigenvalue weighted by Gasteiger charge is 2.25. The highest BCUT2D eigenvalue weighted by molar-refractivity contribution is 7.88. The van der Waals surface area contributed by atoms with E-state index < -0.39 is 16.0 Å². The van der Waals surface area contributed by atoms with E-state index in [2.05, 4.69) is 0 Å². The first-order valence-corrected chi connectivity index (χ1v) is 8.58.